The second kappa shape index (κ2) is 5.72. The average Bonchev–Trinajstić information content (AvgIpc) is 2.66. The van der Waals surface area contributed by atoms with Crippen LogP contribution in [0.25, 0.3) is 6.08 Å². The number of hydrogen-bond acceptors (Lipinski definition) is 1. The summed E-state index contributed by atoms with van der Waals surface area (Å²) >= 11 is 6.11. The Bertz CT molecular complexity index is 400. The van der Waals surface area contributed by atoms with E-state index in [1.807, 2.05) is 11.7 Å². The largest absolute Gasteiger partial charge is 0.275 e. The number of halogens is 1. The van der Waals surface area contributed by atoms with E-state index in [1.54, 1.807) is 0 Å². The van der Waals surface area contributed by atoms with Crippen molar-refractivity contribution in [2.45, 2.75) is 39.0 Å². The molecule has 17 heavy (non-hydrogen) atoms. The van der Waals surface area contributed by atoms with E-state index in [0.717, 1.165) is 5.69 Å². The van der Waals surface area contributed by atoms with Crippen LogP contribution in [-0.4, -0.2) is 15.7 Å². The Balaban J connectivity index is 2.19. The van der Waals surface area contributed by atoms with Crippen LogP contribution in [0, 0.1) is 12.8 Å². The highest BCUT2D eigenvalue weighted by molar-refractivity contribution is 6.19. The Hall–Kier alpha value is -0.760. The summed E-state index contributed by atoms with van der Waals surface area (Å²) < 4.78 is 1.87. The van der Waals surface area contributed by atoms with Crippen molar-refractivity contribution in [3.05, 3.63) is 23.0 Å². The summed E-state index contributed by atoms with van der Waals surface area (Å²) in [6.07, 6.45) is 11.0. The van der Waals surface area contributed by atoms with Crippen molar-refractivity contribution in [2.75, 3.05) is 5.88 Å². The van der Waals surface area contributed by atoms with Gasteiger partial charge in [0.15, 0.2) is 0 Å². The first-order valence-electron chi connectivity index (χ1n) is 6.47. The summed E-state index contributed by atoms with van der Waals surface area (Å²) in [5, 5.41) is 4.37. The number of hydrogen-bond donors (Lipinski definition) is 0. The number of rotatable bonds is 3. The van der Waals surface area contributed by atoms with E-state index < -0.39 is 0 Å². The zero-order valence-corrected chi connectivity index (χ0v) is 11.5. The molecule has 2 nitrogen and oxygen atoms in total. The van der Waals surface area contributed by atoms with Crippen LogP contribution in [-0.2, 0) is 7.05 Å². The maximum atomic E-state index is 6.11. The molecule has 0 spiro atoms. The summed E-state index contributed by atoms with van der Waals surface area (Å²) in [6.45, 7) is 2.05. The van der Waals surface area contributed by atoms with Crippen LogP contribution in [0.15, 0.2) is 11.8 Å². The molecule has 1 aromatic rings. The topological polar surface area (TPSA) is 17.8 Å². The summed E-state index contributed by atoms with van der Waals surface area (Å²) in [6, 6.07) is 0. The molecule has 0 amide bonds. The molecule has 0 radical (unpaired) electrons. The molecule has 2 rings (SSSR count). The summed E-state index contributed by atoms with van der Waals surface area (Å²) in [5.74, 6) is 1.35. The molecule has 1 aromatic heterocycles. The third kappa shape index (κ3) is 3.12. The highest BCUT2D eigenvalue weighted by Gasteiger charge is 2.17. The van der Waals surface area contributed by atoms with Gasteiger partial charge in [-0.3, -0.25) is 4.68 Å². The van der Waals surface area contributed by atoms with Gasteiger partial charge in [0.05, 0.1) is 5.69 Å². The van der Waals surface area contributed by atoms with Crippen molar-refractivity contribution in [1.29, 1.82) is 0 Å². The van der Waals surface area contributed by atoms with Gasteiger partial charge in [0.1, 0.15) is 0 Å². The third-order valence-corrected chi connectivity index (χ3v) is 3.98. The Morgan fingerprint density at radius 3 is 2.71 bits per heavy atom. The van der Waals surface area contributed by atoms with E-state index in [4.69, 9.17) is 11.6 Å². The van der Waals surface area contributed by atoms with Gasteiger partial charge in [-0.1, -0.05) is 30.9 Å². The van der Waals surface area contributed by atoms with Crippen molar-refractivity contribution < 1.29 is 0 Å². The minimum Gasteiger partial charge on any atom is -0.275 e. The Labute approximate surface area is 109 Å². The first kappa shape index (κ1) is 12.7. The van der Waals surface area contributed by atoms with E-state index in [2.05, 4.69) is 24.3 Å². The van der Waals surface area contributed by atoms with E-state index >= 15 is 0 Å². The fourth-order valence-corrected chi connectivity index (χ4v) is 2.99. The second-order valence-electron chi connectivity index (χ2n) is 5.03. The fourth-order valence-electron chi connectivity index (χ4n) is 2.70. The predicted octanol–water partition coefficient (Wildman–Crippen LogP) is 3.93. The normalized spacial score (nSPS) is 18.6. The van der Waals surface area contributed by atoms with Crippen LogP contribution in [0.4, 0.5) is 0 Å². The smallest absolute Gasteiger partial charge is 0.0665 e. The fraction of sp³-hybridized carbons (Fsp3) is 0.643. The van der Waals surface area contributed by atoms with E-state index in [1.165, 1.54) is 43.2 Å². The van der Waals surface area contributed by atoms with Gasteiger partial charge in [-0.15, -0.1) is 11.6 Å². The SMILES string of the molecule is Cc1nn(C)cc1/C=C(/CCl)C1CCCCC1. The molecule has 0 atom stereocenters. The average molecular weight is 253 g/mol. The maximum Gasteiger partial charge on any atom is 0.0665 e. The highest BCUT2D eigenvalue weighted by atomic mass is 35.5. The molecule has 1 heterocycles. The Morgan fingerprint density at radius 1 is 1.47 bits per heavy atom. The Morgan fingerprint density at radius 2 is 2.18 bits per heavy atom. The number of aryl methyl sites for hydroxylation is 2. The molecule has 0 saturated heterocycles. The summed E-state index contributed by atoms with van der Waals surface area (Å²) in [4.78, 5) is 0. The van der Waals surface area contributed by atoms with Gasteiger partial charge < -0.3 is 0 Å². The van der Waals surface area contributed by atoms with Gasteiger partial charge in [0, 0.05) is 24.7 Å². The van der Waals surface area contributed by atoms with E-state index in [0.29, 0.717) is 11.8 Å². The van der Waals surface area contributed by atoms with Gasteiger partial charge in [-0.25, -0.2) is 0 Å². The molecule has 0 aliphatic heterocycles. The lowest BCUT2D eigenvalue weighted by Gasteiger charge is -2.23. The molecule has 1 aliphatic rings. The first-order valence-corrected chi connectivity index (χ1v) is 7.01. The molecule has 0 unspecified atom stereocenters. The van der Waals surface area contributed by atoms with Gasteiger partial charge in [0.25, 0.3) is 0 Å². The van der Waals surface area contributed by atoms with Crippen molar-refractivity contribution in [3.63, 3.8) is 0 Å². The number of alkyl halides is 1. The van der Waals surface area contributed by atoms with Crippen LogP contribution >= 0.6 is 11.6 Å². The number of allylic oxidation sites excluding steroid dienone is 1. The van der Waals surface area contributed by atoms with Crippen molar-refractivity contribution >= 4 is 17.7 Å². The molecular weight excluding hydrogens is 232 g/mol. The molecule has 1 aliphatic carbocycles. The monoisotopic (exact) mass is 252 g/mol. The minimum atomic E-state index is 0.652. The quantitative estimate of drug-likeness (QED) is 0.746. The molecule has 1 fully saturated rings. The number of nitrogens with zero attached hydrogens (tertiary/aromatic N) is 2. The predicted molar refractivity (Wildman–Crippen MR) is 73.2 cm³/mol. The van der Waals surface area contributed by atoms with Gasteiger partial charge in [-0.2, -0.15) is 5.10 Å². The van der Waals surface area contributed by atoms with Gasteiger partial charge in [-0.05, 0) is 25.7 Å². The third-order valence-electron chi connectivity index (χ3n) is 3.68. The molecule has 1 saturated carbocycles. The van der Waals surface area contributed by atoms with Crippen LogP contribution < -0.4 is 0 Å². The van der Waals surface area contributed by atoms with Gasteiger partial charge >= 0.3 is 0 Å². The summed E-state index contributed by atoms with van der Waals surface area (Å²) in [7, 11) is 1.96. The zero-order chi connectivity index (χ0) is 12.3. The lowest BCUT2D eigenvalue weighted by atomic mass is 9.84. The molecule has 0 aromatic carbocycles. The standard InChI is InChI=1S/C14H21ClN2/c1-11-14(10-17(2)16-11)8-13(9-15)12-6-4-3-5-7-12/h8,10,12H,3-7,9H2,1-2H3/b13-8-. The van der Waals surface area contributed by atoms with Crippen molar-refractivity contribution in [3.8, 4) is 0 Å². The highest BCUT2D eigenvalue weighted by Crippen LogP contribution is 2.31. The lowest BCUT2D eigenvalue weighted by Crippen LogP contribution is -2.10. The molecular formula is C14H21ClN2. The van der Waals surface area contributed by atoms with Crippen LogP contribution in [0.3, 0.4) is 0 Å². The van der Waals surface area contributed by atoms with Crippen molar-refractivity contribution in [2.24, 2.45) is 13.0 Å². The van der Waals surface area contributed by atoms with Crippen LogP contribution in [0.1, 0.15) is 43.4 Å². The van der Waals surface area contributed by atoms with E-state index in [-0.39, 0.29) is 0 Å². The molecule has 0 bridgehead atoms. The summed E-state index contributed by atoms with van der Waals surface area (Å²) in [5.41, 5.74) is 3.70. The minimum absolute atomic E-state index is 0.652. The van der Waals surface area contributed by atoms with Crippen LogP contribution in [0.2, 0.25) is 0 Å². The van der Waals surface area contributed by atoms with Crippen LogP contribution in [0.5, 0.6) is 0 Å². The number of aromatic nitrogens is 2. The molecule has 3 heteroatoms. The molecule has 94 valence electrons. The first-order chi connectivity index (χ1) is 8.20. The second-order valence-corrected chi connectivity index (χ2v) is 5.30. The van der Waals surface area contributed by atoms with Gasteiger partial charge in [0.2, 0.25) is 0 Å². The van der Waals surface area contributed by atoms with E-state index in [9.17, 15) is 0 Å². The maximum absolute atomic E-state index is 6.11. The van der Waals surface area contributed by atoms with Crippen molar-refractivity contribution in [1.82, 2.24) is 9.78 Å². The lowest BCUT2D eigenvalue weighted by molar-refractivity contribution is 0.405. The molecule has 0 N–H and O–H groups in total. The Kier molecular flexibility index (Phi) is 4.27. The zero-order valence-electron chi connectivity index (χ0n) is 10.7.